The molecule has 1 saturated heterocycles. The summed E-state index contributed by atoms with van der Waals surface area (Å²) in [6.45, 7) is 4.80. The van der Waals surface area contributed by atoms with Gasteiger partial charge in [-0.2, -0.15) is 0 Å². The number of rotatable bonds is 8. The molecule has 1 aromatic heterocycles. The Bertz CT molecular complexity index is 1570. The van der Waals surface area contributed by atoms with Crippen LogP contribution < -0.4 is 25.0 Å². The highest BCUT2D eigenvalue weighted by Gasteiger charge is 2.50. The van der Waals surface area contributed by atoms with Gasteiger partial charge < -0.3 is 20.1 Å². The number of hydrogen-bond donors (Lipinski definition) is 2. The summed E-state index contributed by atoms with van der Waals surface area (Å²) in [5.74, 6) is 1.01. The van der Waals surface area contributed by atoms with Crippen LogP contribution in [0.5, 0.6) is 11.5 Å². The number of anilines is 1. The lowest BCUT2D eigenvalue weighted by molar-refractivity contribution is 0.0338. The lowest BCUT2D eigenvalue weighted by Crippen LogP contribution is -2.65. The first-order valence-corrected chi connectivity index (χ1v) is 13.8. The SMILES string of the molecule is Cc1ccc(CCNC(=O)c2cccc(N3C(=O)NC4CC3(C)Oc3c(OCc5cccnc5)cccc34)c2)cc1. The van der Waals surface area contributed by atoms with Gasteiger partial charge in [0, 0.05) is 42.0 Å². The van der Waals surface area contributed by atoms with Crippen molar-refractivity contribution < 1.29 is 19.1 Å². The number of nitrogens with zero attached hydrogens (tertiary/aromatic N) is 2. The quantitative estimate of drug-likeness (QED) is 0.294. The van der Waals surface area contributed by atoms with E-state index in [0.717, 1.165) is 23.1 Å². The number of hydrogen-bond acceptors (Lipinski definition) is 5. The fraction of sp³-hybridized carbons (Fsp3) is 0.242. The molecule has 8 heteroatoms. The Labute approximate surface area is 239 Å². The Morgan fingerprint density at radius 3 is 2.73 bits per heavy atom. The molecule has 2 aliphatic heterocycles. The van der Waals surface area contributed by atoms with Gasteiger partial charge in [0.2, 0.25) is 0 Å². The summed E-state index contributed by atoms with van der Waals surface area (Å²) < 4.78 is 12.7. The number of benzene rings is 3. The number of para-hydroxylation sites is 1. The van der Waals surface area contributed by atoms with Crippen LogP contribution in [0.3, 0.4) is 0 Å². The number of amides is 3. The molecule has 0 spiro atoms. The number of nitrogens with one attached hydrogen (secondary N) is 2. The van der Waals surface area contributed by atoms with Crippen LogP contribution in [-0.2, 0) is 13.0 Å². The number of carbonyl (C=O) groups excluding carboxylic acids is 2. The first-order chi connectivity index (χ1) is 19.9. The van der Waals surface area contributed by atoms with Crippen molar-refractivity contribution in [2.24, 2.45) is 0 Å². The van der Waals surface area contributed by atoms with Crippen molar-refractivity contribution in [2.45, 2.75) is 45.1 Å². The van der Waals surface area contributed by atoms with E-state index >= 15 is 0 Å². The van der Waals surface area contributed by atoms with Crippen LogP contribution in [0.1, 0.15) is 52.0 Å². The smallest absolute Gasteiger partial charge is 0.325 e. The van der Waals surface area contributed by atoms with Crippen LogP contribution in [0.25, 0.3) is 0 Å². The van der Waals surface area contributed by atoms with Gasteiger partial charge in [0.1, 0.15) is 6.61 Å². The first kappa shape index (κ1) is 26.4. The van der Waals surface area contributed by atoms with Crippen molar-refractivity contribution in [2.75, 3.05) is 11.4 Å². The molecule has 208 valence electrons. The zero-order chi connectivity index (χ0) is 28.4. The van der Waals surface area contributed by atoms with Crippen LogP contribution in [-0.4, -0.2) is 29.2 Å². The van der Waals surface area contributed by atoms with Gasteiger partial charge >= 0.3 is 6.03 Å². The number of aromatic nitrogens is 1. The summed E-state index contributed by atoms with van der Waals surface area (Å²) in [4.78, 5) is 32.2. The van der Waals surface area contributed by atoms with E-state index in [-0.39, 0.29) is 18.0 Å². The minimum atomic E-state index is -0.992. The molecular weight excluding hydrogens is 516 g/mol. The highest BCUT2D eigenvalue weighted by atomic mass is 16.5. The number of ether oxygens (including phenoxy) is 2. The predicted octanol–water partition coefficient (Wildman–Crippen LogP) is 5.71. The molecule has 2 bridgehead atoms. The summed E-state index contributed by atoms with van der Waals surface area (Å²) in [6.07, 6.45) is 4.75. The molecule has 2 N–H and O–H groups in total. The Balaban J connectivity index is 1.20. The van der Waals surface area contributed by atoms with E-state index in [9.17, 15) is 9.59 Å². The third kappa shape index (κ3) is 5.45. The van der Waals surface area contributed by atoms with Crippen LogP contribution in [0.2, 0.25) is 0 Å². The van der Waals surface area contributed by atoms with Gasteiger partial charge in [-0.3, -0.25) is 14.7 Å². The maximum atomic E-state index is 13.4. The molecule has 0 aliphatic carbocycles. The summed E-state index contributed by atoms with van der Waals surface area (Å²) in [6, 6.07) is 24.4. The van der Waals surface area contributed by atoms with E-state index < -0.39 is 5.72 Å². The van der Waals surface area contributed by atoms with E-state index in [1.165, 1.54) is 5.56 Å². The summed E-state index contributed by atoms with van der Waals surface area (Å²) in [5.41, 5.74) is 4.24. The molecule has 3 aromatic carbocycles. The molecule has 3 heterocycles. The second-order valence-electron chi connectivity index (χ2n) is 10.7. The maximum absolute atomic E-state index is 13.4. The van der Waals surface area contributed by atoms with Gasteiger partial charge in [0.05, 0.1) is 11.7 Å². The summed E-state index contributed by atoms with van der Waals surface area (Å²) in [5, 5.41) is 6.12. The van der Waals surface area contributed by atoms with E-state index in [4.69, 9.17) is 9.47 Å². The molecule has 8 nitrogen and oxygen atoms in total. The molecule has 41 heavy (non-hydrogen) atoms. The Morgan fingerprint density at radius 2 is 1.93 bits per heavy atom. The minimum absolute atomic E-state index is 0.194. The van der Waals surface area contributed by atoms with E-state index in [1.807, 2.05) is 43.3 Å². The minimum Gasteiger partial charge on any atom is -0.485 e. The Morgan fingerprint density at radius 1 is 1.10 bits per heavy atom. The average molecular weight is 549 g/mol. The van der Waals surface area contributed by atoms with Gasteiger partial charge in [-0.1, -0.05) is 54.1 Å². The highest BCUT2D eigenvalue weighted by Crippen LogP contribution is 2.49. The van der Waals surface area contributed by atoms with Crippen LogP contribution in [0, 0.1) is 6.92 Å². The Hall–Kier alpha value is -4.85. The number of pyridine rings is 1. The predicted molar refractivity (Wildman–Crippen MR) is 156 cm³/mol. The van der Waals surface area contributed by atoms with E-state index in [1.54, 1.807) is 35.5 Å². The van der Waals surface area contributed by atoms with Crippen LogP contribution in [0.15, 0.2) is 91.3 Å². The topological polar surface area (TPSA) is 92.8 Å². The molecule has 0 saturated carbocycles. The highest BCUT2D eigenvalue weighted by molar-refractivity contribution is 5.99. The van der Waals surface area contributed by atoms with Crippen molar-refractivity contribution in [3.8, 4) is 11.5 Å². The van der Waals surface area contributed by atoms with Gasteiger partial charge in [0.25, 0.3) is 5.91 Å². The normalized spacial score (nSPS) is 19.0. The van der Waals surface area contributed by atoms with Crippen molar-refractivity contribution >= 4 is 17.6 Å². The standard InChI is InChI=1S/C33H32N4O4/c1-22-11-13-23(14-12-22)15-17-35-31(38)25-7-3-8-26(18-25)37-32(39)36-28-19-33(37,2)41-30-27(28)9-4-10-29(30)40-21-24-6-5-16-34-20-24/h3-14,16,18,20,28H,15,17,19,21H2,1-2H3,(H,35,38)(H,36,39). The maximum Gasteiger partial charge on any atom is 0.325 e. The molecular formula is C33H32N4O4. The van der Waals surface area contributed by atoms with Crippen molar-refractivity contribution in [1.82, 2.24) is 15.6 Å². The van der Waals surface area contributed by atoms with E-state index in [2.05, 4.69) is 46.8 Å². The largest absolute Gasteiger partial charge is 0.485 e. The molecule has 0 radical (unpaired) electrons. The first-order valence-electron chi connectivity index (χ1n) is 13.8. The molecule has 6 rings (SSSR count). The average Bonchev–Trinajstić information content (AvgIpc) is 2.97. The molecule has 2 unspecified atom stereocenters. The van der Waals surface area contributed by atoms with Gasteiger partial charge in [-0.05, 0) is 56.2 Å². The van der Waals surface area contributed by atoms with Crippen LogP contribution in [0.4, 0.5) is 10.5 Å². The molecule has 4 aromatic rings. The second kappa shape index (κ2) is 11.0. The zero-order valence-electron chi connectivity index (χ0n) is 23.1. The molecule has 1 fully saturated rings. The van der Waals surface area contributed by atoms with Crippen molar-refractivity contribution in [1.29, 1.82) is 0 Å². The lowest BCUT2D eigenvalue weighted by atomic mass is 9.89. The number of fused-ring (bicyclic) bond motifs is 4. The zero-order valence-corrected chi connectivity index (χ0v) is 23.1. The lowest BCUT2D eigenvalue weighted by Gasteiger charge is -2.50. The van der Waals surface area contributed by atoms with Crippen molar-refractivity contribution in [3.05, 3.63) is 119 Å². The van der Waals surface area contributed by atoms with Crippen molar-refractivity contribution in [3.63, 3.8) is 0 Å². The van der Waals surface area contributed by atoms with E-state index in [0.29, 0.717) is 42.3 Å². The van der Waals surface area contributed by atoms with Crippen LogP contribution >= 0.6 is 0 Å². The van der Waals surface area contributed by atoms with Gasteiger partial charge in [-0.15, -0.1) is 0 Å². The third-order valence-electron chi connectivity index (χ3n) is 7.57. The number of carbonyl (C=O) groups is 2. The van der Waals surface area contributed by atoms with Gasteiger partial charge in [0.15, 0.2) is 17.2 Å². The third-order valence-corrected chi connectivity index (χ3v) is 7.57. The number of aryl methyl sites for hydroxylation is 1. The molecule has 2 atom stereocenters. The monoisotopic (exact) mass is 548 g/mol. The second-order valence-corrected chi connectivity index (χ2v) is 10.7. The molecule has 3 amide bonds. The number of urea groups is 1. The Kier molecular flexibility index (Phi) is 7.05. The summed E-state index contributed by atoms with van der Waals surface area (Å²) in [7, 11) is 0. The summed E-state index contributed by atoms with van der Waals surface area (Å²) >= 11 is 0. The molecule has 2 aliphatic rings. The fourth-order valence-electron chi connectivity index (χ4n) is 5.47. The fourth-order valence-corrected chi connectivity index (χ4v) is 5.47. The van der Waals surface area contributed by atoms with Gasteiger partial charge in [-0.25, -0.2) is 4.79 Å².